The van der Waals surface area contributed by atoms with E-state index in [0.717, 1.165) is 59.2 Å². The maximum absolute atomic E-state index is 2.52. The third-order valence-electron chi connectivity index (χ3n) is 8.68. The van der Waals surface area contributed by atoms with Gasteiger partial charge < -0.3 is 0 Å². The maximum Gasteiger partial charge on any atom is -0.0386 e. The van der Waals surface area contributed by atoms with E-state index in [4.69, 9.17) is 0 Å². The SMILES string of the molecule is CC1CCC(C)C(C)C(C)C(C)C(C)C(C)C(C)C(C)C1C. The van der Waals surface area contributed by atoms with Gasteiger partial charge in [0, 0.05) is 0 Å². The fourth-order valence-electron chi connectivity index (χ4n) is 4.96. The van der Waals surface area contributed by atoms with Crippen molar-refractivity contribution in [2.45, 2.75) is 82.1 Å². The van der Waals surface area contributed by atoms with Gasteiger partial charge in [0.1, 0.15) is 0 Å². The van der Waals surface area contributed by atoms with Gasteiger partial charge >= 0.3 is 0 Å². The Hall–Kier alpha value is 0. The summed E-state index contributed by atoms with van der Waals surface area (Å²) in [5.41, 5.74) is 0. The molecule has 0 radical (unpaired) electrons. The maximum atomic E-state index is 2.52. The largest absolute Gasteiger partial charge is 0.0622 e. The van der Waals surface area contributed by atoms with E-state index in [1.54, 1.807) is 0 Å². The summed E-state index contributed by atoms with van der Waals surface area (Å²) in [7, 11) is 0. The van der Waals surface area contributed by atoms with Gasteiger partial charge in [0.2, 0.25) is 0 Å². The first-order valence-corrected chi connectivity index (χ1v) is 10.1. The Morgan fingerprint density at radius 1 is 0.318 bits per heavy atom. The molecule has 0 heterocycles. The Bertz CT molecular complexity index is 288. The molecule has 0 bridgehead atoms. The van der Waals surface area contributed by atoms with Crippen molar-refractivity contribution in [3.05, 3.63) is 0 Å². The lowest BCUT2D eigenvalue weighted by atomic mass is 9.63. The molecule has 0 amide bonds. The van der Waals surface area contributed by atoms with Crippen LogP contribution in [-0.2, 0) is 0 Å². The first kappa shape index (κ1) is 20.0. The minimum atomic E-state index is 0.823. The minimum Gasteiger partial charge on any atom is -0.0622 e. The second-order valence-electron chi connectivity index (χ2n) is 9.40. The predicted molar refractivity (Wildman–Crippen MR) is 101 cm³/mol. The molecule has 10 unspecified atom stereocenters. The lowest BCUT2D eigenvalue weighted by Gasteiger charge is -2.42. The van der Waals surface area contributed by atoms with Crippen LogP contribution in [0.2, 0.25) is 0 Å². The van der Waals surface area contributed by atoms with Crippen LogP contribution < -0.4 is 0 Å². The van der Waals surface area contributed by atoms with E-state index in [1.807, 2.05) is 0 Å². The van der Waals surface area contributed by atoms with Crippen molar-refractivity contribution in [3.8, 4) is 0 Å². The van der Waals surface area contributed by atoms with Crippen LogP contribution in [0.25, 0.3) is 0 Å². The number of rotatable bonds is 0. The molecule has 0 saturated heterocycles. The summed E-state index contributed by atoms with van der Waals surface area (Å²) in [6.45, 7) is 25.1. The summed E-state index contributed by atoms with van der Waals surface area (Å²) < 4.78 is 0. The van der Waals surface area contributed by atoms with Crippen molar-refractivity contribution in [1.29, 1.82) is 0 Å². The molecular weight excluding hydrogens is 264 g/mol. The summed E-state index contributed by atoms with van der Waals surface area (Å²) in [4.78, 5) is 0. The molecule has 0 N–H and O–H groups in total. The van der Waals surface area contributed by atoms with E-state index in [9.17, 15) is 0 Å². The van der Waals surface area contributed by atoms with Crippen molar-refractivity contribution in [2.24, 2.45) is 59.2 Å². The molecule has 0 heteroatoms. The lowest BCUT2D eigenvalue weighted by molar-refractivity contribution is 0.0674. The second kappa shape index (κ2) is 8.20. The summed E-state index contributed by atoms with van der Waals surface area (Å²) in [6.07, 6.45) is 2.82. The molecule has 0 aromatic rings. The predicted octanol–water partition coefficient (Wildman–Crippen LogP) is 7.14. The topological polar surface area (TPSA) is 0 Å². The van der Waals surface area contributed by atoms with Crippen LogP contribution in [0.1, 0.15) is 82.1 Å². The average molecular weight is 309 g/mol. The first-order chi connectivity index (χ1) is 10.1. The normalized spacial score (nSPS) is 52.6. The highest BCUT2D eigenvalue weighted by Gasteiger charge is 2.35. The van der Waals surface area contributed by atoms with Gasteiger partial charge in [-0.2, -0.15) is 0 Å². The third kappa shape index (κ3) is 4.30. The summed E-state index contributed by atoms with van der Waals surface area (Å²) in [6, 6.07) is 0. The van der Waals surface area contributed by atoms with Crippen LogP contribution in [0.4, 0.5) is 0 Å². The van der Waals surface area contributed by atoms with Gasteiger partial charge in [-0.05, 0) is 59.2 Å². The minimum absolute atomic E-state index is 0.823. The summed E-state index contributed by atoms with van der Waals surface area (Å²) in [5.74, 6) is 8.39. The zero-order chi connectivity index (χ0) is 17.2. The van der Waals surface area contributed by atoms with Crippen molar-refractivity contribution in [1.82, 2.24) is 0 Å². The van der Waals surface area contributed by atoms with Gasteiger partial charge in [0.05, 0.1) is 0 Å². The quantitative estimate of drug-likeness (QED) is 0.446. The van der Waals surface area contributed by atoms with E-state index in [0.29, 0.717) is 0 Å². The smallest absolute Gasteiger partial charge is 0.0386 e. The van der Waals surface area contributed by atoms with Gasteiger partial charge in [-0.3, -0.25) is 0 Å². The molecule has 132 valence electrons. The highest BCUT2D eigenvalue weighted by molar-refractivity contribution is 4.84. The van der Waals surface area contributed by atoms with E-state index in [2.05, 4.69) is 69.2 Å². The van der Waals surface area contributed by atoms with Crippen molar-refractivity contribution in [2.75, 3.05) is 0 Å². The number of hydrogen-bond acceptors (Lipinski definition) is 0. The molecule has 10 atom stereocenters. The van der Waals surface area contributed by atoms with Crippen LogP contribution in [-0.4, -0.2) is 0 Å². The Morgan fingerprint density at radius 2 is 0.500 bits per heavy atom. The zero-order valence-electron chi connectivity index (χ0n) is 17.2. The monoisotopic (exact) mass is 308 g/mol. The molecule has 0 aromatic heterocycles. The van der Waals surface area contributed by atoms with Gasteiger partial charge in [-0.1, -0.05) is 82.1 Å². The first-order valence-electron chi connectivity index (χ1n) is 10.1. The zero-order valence-corrected chi connectivity index (χ0v) is 17.2. The van der Waals surface area contributed by atoms with Crippen LogP contribution in [0.5, 0.6) is 0 Å². The van der Waals surface area contributed by atoms with Crippen molar-refractivity contribution in [3.63, 3.8) is 0 Å². The molecule has 1 aliphatic carbocycles. The summed E-state index contributed by atoms with van der Waals surface area (Å²) in [5, 5.41) is 0. The van der Waals surface area contributed by atoms with Crippen LogP contribution in [0, 0.1) is 59.2 Å². The molecular formula is C22H44. The molecule has 1 rings (SSSR count). The lowest BCUT2D eigenvalue weighted by Crippen LogP contribution is -2.35. The Balaban J connectivity index is 3.04. The summed E-state index contributed by atoms with van der Waals surface area (Å²) >= 11 is 0. The Kier molecular flexibility index (Phi) is 7.47. The molecule has 0 nitrogen and oxygen atoms in total. The van der Waals surface area contributed by atoms with Gasteiger partial charge in [-0.25, -0.2) is 0 Å². The van der Waals surface area contributed by atoms with Gasteiger partial charge in [0.15, 0.2) is 0 Å². The van der Waals surface area contributed by atoms with Crippen molar-refractivity contribution < 1.29 is 0 Å². The molecule has 1 saturated carbocycles. The van der Waals surface area contributed by atoms with Crippen LogP contribution >= 0.6 is 0 Å². The highest BCUT2D eigenvalue weighted by atomic mass is 14.4. The molecule has 1 fully saturated rings. The van der Waals surface area contributed by atoms with Crippen molar-refractivity contribution >= 4 is 0 Å². The van der Waals surface area contributed by atoms with E-state index >= 15 is 0 Å². The standard InChI is InChI=1S/C22H44/c1-13-11-12-14(2)16(4)18(6)20(8)22(10)21(9)19(7)17(5)15(13)3/h13-22H,11-12H2,1-10H3. The molecule has 1 aliphatic rings. The average Bonchev–Trinajstić information content (AvgIpc) is 2.52. The van der Waals surface area contributed by atoms with E-state index in [-0.39, 0.29) is 0 Å². The van der Waals surface area contributed by atoms with Gasteiger partial charge in [0.25, 0.3) is 0 Å². The van der Waals surface area contributed by atoms with Crippen LogP contribution in [0.3, 0.4) is 0 Å². The van der Waals surface area contributed by atoms with E-state index < -0.39 is 0 Å². The Morgan fingerprint density at radius 3 is 0.727 bits per heavy atom. The number of hydrogen-bond donors (Lipinski definition) is 0. The molecule has 0 spiro atoms. The Labute approximate surface area is 141 Å². The highest BCUT2D eigenvalue weighted by Crippen LogP contribution is 2.42. The molecule has 0 aromatic carbocycles. The third-order valence-corrected chi connectivity index (χ3v) is 8.68. The van der Waals surface area contributed by atoms with Gasteiger partial charge in [-0.15, -0.1) is 0 Å². The fourth-order valence-corrected chi connectivity index (χ4v) is 4.96. The molecule has 22 heavy (non-hydrogen) atoms. The second-order valence-corrected chi connectivity index (χ2v) is 9.40. The molecule has 0 aliphatic heterocycles. The fraction of sp³-hybridized carbons (Fsp3) is 1.00. The van der Waals surface area contributed by atoms with Crippen LogP contribution in [0.15, 0.2) is 0 Å². The van der Waals surface area contributed by atoms with E-state index in [1.165, 1.54) is 12.8 Å².